The van der Waals surface area contributed by atoms with Gasteiger partial charge in [0, 0.05) is 27.5 Å². The van der Waals surface area contributed by atoms with Crippen LogP contribution in [0.3, 0.4) is 0 Å². The summed E-state index contributed by atoms with van der Waals surface area (Å²) in [5, 5.41) is 3.69. The predicted molar refractivity (Wildman–Crippen MR) is 86.4 cm³/mol. The van der Waals surface area contributed by atoms with Crippen molar-refractivity contribution in [3.8, 4) is 0 Å². The molecule has 1 aromatic rings. The SMILES string of the molecule is CCCNC(c1ccc(Br)cc1Br)C1CCCOC1. The molecule has 1 saturated heterocycles. The Morgan fingerprint density at radius 2 is 2.26 bits per heavy atom. The van der Waals surface area contributed by atoms with Crippen LogP contribution in [0.2, 0.25) is 0 Å². The molecule has 2 unspecified atom stereocenters. The molecule has 2 rings (SSSR count). The molecule has 0 bridgehead atoms. The molecule has 1 aliphatic rings. The van der Waals surface area contributed by atoms with Crippen molar-refractivity contribution in [3.63, 3.8) is 0 Å². The van der Waals surface area contributed by atoms with E-state index in [1.54, 1.807) is 0 Å². The molecule has 0 spiro atoms. The second-order valence-corrected chi connectivity index (χ2v) is 6.84. The van der Waals surface area contributed by atoms with Crippen LogP contribution < -0.4 is 5.32 Å². The van der Waals surface area contributed by atoms with Gasteiger partial charge in [-0.3, -0.25) is 0 Å². The van der Waals surface area contributed by atoms with Gasteiger partial charge in [0.15, 0.2) is 0 Å². The van der Waals surface area contributed by atoms with E-state index in [-0.39, 0.29) is 0 Å². The summed E-state index contributed by atoms with van der Waals surface area (Å²) < 4.78 is 7.94. The number of halogens is 2. The normalized spacial score (nSPS) is 21.3. The summed E-state index contributed by atoms with van der Waals surface area (Å²) in [6, 6.07) is 6.82. The highest BCUT2D eigenvalue weighted by Gasteiger charge is 2.26. The molecule has 2 nitrogen and oxygen atoms in total. The largest absolute Gasteiger partial charge is 0.381 e. The second kappa shape index (κ2) is 7.77. The second-order valence-electron chi connectivity index (χ2n) is 5.07. The van der Waals surface area contributed by atoms with Gasteiger partial charge >= 0.3 is 0 Å². The zero-order valence-corrected chi connectivity index (χ0v) is 14.5. The number of hydrogen-bond acceptors (Lipinski definition) is 2. The van der Waals surface area contributed by atoms with E-state index in [0.29, 0.717) is 12.0 Å². The van der Waals surface area contributed by atoms with Crippen LogP contribution in [0, 0.1) is 5.92 Å². The Labute approximate surface area is 132 Å². The molecule has 2 atom stereocenters. The lowest BCUT2D eigenvalue weighted by atomic mass is 9.88. The summed E-state index contributed by atoms with van der Waals surface area (Å²) >= 11 is 7.21. The molecule has 1 N–H and O–H groups in total. The third-order valence-electron chi connectivity index (χ3n) is 3.58. The zero-order chi connectivity index (χ0) is 13.7. The lowest BCUT2D eigenvalue weighted by Gasteiger charge is -2.32. The molecule has 1 fully saturated rings. The molecule has 0 radical (unpaired) electrons. The van der Waals surface area contributed by atoms with Crippen molar-refractivity contribution in [1.82, 2.24) is 5.32 Å². The average Bonchev–Trinajstić information content (AvgIpc) is 2.42. The van der Waals surface area contributed by atoms with Crippen LogP contribution in [0.1, 0.15) is 37.8 Å². The monoisotopic (exact) mass is 389 g/mol. The minimum atomic E-state index is 0.378. The maximum atomic E-state index is 5.66. The van der Waals surface area contributed by atoms with Gasteiger partial charge in [0.05, 0.1) is 6.61 Å². The summed E-state index contributed by atoms with van der Waals surface area (Å²) in [7, 11) is 0. The Kier molecular flexibility index (Phi) is 6.33. The zero-order valence-electron chi connectivity index (χ0n) is 11.3. The molecule has 0 aliphatic carbocycles. The molecule has 0 amide bonds. The fraction of sp³-hybridized carbons (Fsp3) is 0.600. The van der Waals surface area contributed by atoms with Gasteiger partial charge in [0.2, 0.25) is 0 Å². The maximum Gasteiger partial charge on any atom is 0.0512 e. The van der Waals surface area contributed by atoms with Crippen LogP contribution in [0.25, 0.3) is 0 Å². The molecule has 0 aromatic heterocycles. The Morgan fingerprint density at radius 3 is 2.89 bits per heavy atom. The van der Waals surface area contributed by atoms with Gasteiger partial charge in [-0.25, -0.2) is 0 Å². The van der Waals surface area contributed by atoms with Gasteiger partial charge in [0.1, 0.15) is 0 Å². The highest BCUT2D eigenvalue weighted by atomic mass is 79.9. The Balaban J connectivity index is 2.19. The topological polar surface area (TPSA) is 21.3 Å². The number of hydrogen-bond donors (Lipinski definition) is 1. The third kappa shape index (κ3) is 4.28. The van der Waals surface area contributed by atoms with Crippen molar-refractivity contribution in [3.05, 3.63) is 32.7 Å². The Morgan fingerprint density at radius 1 is 1.42 bits per heavy atom. The fourth-order valence-electron chi connectivity index (χ4n) is 2.61. The van der Waals surface area contributed by atoms with Crippen LogP contribution in [0.4, 0.5) is 0 Å². The van der Waals surface area contributed by atoms with E-state index in [2.05, 4.69) is 62.3 Å². The number of rotatable bonds is 5. The van der Waals surface area contributed by atoms with E-state index in [1.807, 2.05) is 0 Å². The van der Waals surface area contributed by atoms with E-state index >= 15 is 0 Å². The van der Waals surface area contributed by atoms with E-state index < -0.39 is 0 Å². The van der Waals surface area contributed by atoms with Crippen LogP contribution in [-0.4, -0.2) is 19.8 Å². The van der Waals surface area contributed by atoms with Crippen molar-refractivity contribution in [2.45, 2.75) is 32.2 Å². The van der Waals surface area contributed by atoms with Crippen molar-refractivity contribution in [2.24, 2.45) is 5.92 Å². The lowest BCUT2D eigenvalue weighted by molar-refractivity contribution is 0.0389. The van der Waals surface area contributed by atoms with Crippen molar-refractivity contribution in [2.75, 3.05) is 19.8 Å². The number of ether oxygens (including phenoxy) is 1. The molecular weight excluding hydrogens is 370 g/mol. The number of benzene rings is 1. The Bertz CT molecular complexity index is 405. The molecule has 1 aromatic carbocycles. The van der Waals surface area contributed by atoms with Crippen molar-refractivity contribution in [1.29, 1.82) is 0 Å². The minimum Gasteiger partial charge on any atom is -0.381 e. The van der Waals surface area contributed by atoms with Crippen LogP contribution in [-0.2, 0) is 4.74 Å². The van der Waals surface area contributed by atoms with Crippen LogP contribution in [0.15, 0.2) is 27.1 Å². The minimum absolute atomic E-state index is 0.378. The van der Waals surface area contributed by atoms with Crippen LogP contribution in [0.5, 0.6) is 0 Å². The first kappa shape index (κ1) is 15.5. The first-order chi connectivity index (χ1) is 9.22. The predicted octanol–water partition coefficient (Wildman–Crippen LogP) is 4.68. The van der Waals surface area contributed by atoms with Gasteiger partial charge in [-0.1, -0.05) is 44.8 Å². The van der Waals surface area contributed by atoms with Gasteiger partial charge in [-0.2, -0.15) is 0 Å². The highest BCUT2D eigenvalue weighted by molar-refractivity contribution is 9.11. The van der Waals surface area contributed by atoms with Gasteiger partial charge < -0.3 is 10.1 Å². The third-order valence-corrected chi connectivity index (χ3v) is 4.76. The molecule has 4 heteroatoms. The Hall–Kier alpha value is 0.1000. The van der Waals surface area contributed by atoms with Gasteiger partial charge in [-0.05, 0) is 43.5 Å². The van der Waals surface area contributed by atoms with Crippen molar-refractivity contribution < 1.29 is 4.74 Å². The van der Waals surface area contributed by atoms with E-state index in [0.717, 1.165) is 30.7 Å². The molecule has 0 saturated carbocycles. The summed E-state index contributed by atoms with van der Waals surface area (Å²) in [5.74, 6) is 0.567. The summed E-state index contributed by atoms with van der Waals surface area (Å²) in [4.78, 5) is 0. The lowest BCUT2D eigenvalue weighted by Crippen LogP contribution is -2.34. The fourth-order valence-corrected chi connectivity index (χ4v) is 3.91. The summed E-state index contributed by atoms with van der Waals surface area (Å²) in [5.41, 5.74) is 1.34. The first-order valence-electron chi connectivity index (χ1n) is 6.98. The quantitative estimate of drug-likeness (QED) is 0.787. The van der Waals surface area contributed by atoms with E-state index in [1.165, 1.54) is 22.9 Å². The van der Waals surface area contributed by atoms with Gasteiger partial charge in [0.25, 0.3) is 0 Å². The molecule has 19 heavy (non-hydrogen) atoms. The smallest absolute Gasteiger partial charge is 0.0512 e. The van der Waals surface area contributed by atoms with Gasteiger partial charge in [-0.15, -0.1) is 0 Å². The standard InChI is InChI=1S/C15H21Br2NO/c1-2-7-18-15(11-4-3-8-19-10-11)13-6-5-12(16)9-14(13)17/h5-6,9,11,15,18H,2-4,7-8,10H2,1H3. The first-order valence-corrected chi connectivity index (χ1v) is 8.57. The van der Waals surface area contributed by atoms with Crippen LogP contribution >= 0.6 is 31.9 Å². The maximum absolute atomic E-state index is 5.66. The highest BCUT2D eigenvalue weighted by Crippen LogP contribution is 2.34. The molecule has 1 aliphatic heterocycles. The van der Waals surface area contributed by atoms with E-state index in [4.69, 9.17) is 4.74 Å². The summed E-state index contributed by atoms with van der Waals surface area (Å²) in [6.07, 6.45) is 3.56. The average molecular weight is 391 g/mol. The number of nitrogens with one attached hydrogen (secondary N) is 1. The molecule has 106 valence electrons. The molecular formula is C15H21Br2NO. The summed E-state index contributed by atoms with van der Waals surface area (Å²) in [6.45, 7) is 5.03. The van der Waals surface area contributed by atoms with E-state index in [9.17, 15) is 0 Å². The van der Waals surface area contributed by atoms with Crippen molar-refractivity contribution >= 4 is 31.9 Å². The molecule has 1 heterocycles.